The fraction of sp³-hybridized carbons (Fsp3) is 0.250. The van der Waals surface area contributed by atoms with Crippen LogP contribution in [0.5, 0.6) is 0 Å². The van der Waals surface area contributed by atoms with Crippen LogP contribution in [0.1, 0.15) is 12.5 Å². The Kier molecular flexibility index (Phi) is 2.64. The zero-order valence-corrected chi connectivity index (χ0v) is 7.89. The molecule has 0 bridgehead atoms. The summed E-state index contributed by atoms with van der Waals surface area (Å²) in [5, 5.41) is 18.9. The fourth-order valence-electron chi connectivity index (χ4n) is 0.870. The van der Waals surface area contributed by atoms with E-state index in [0.29, 0.717) is 5.02 Å². The number of hydrogen-bond acceptors (Lipinski definition) is 2. The van der Waals surface area contributed by atoms with Gasteiger partial charge in [-0.2, -0.15) is 0 Å². The summed E-state index contributed by atoms with van der Waals surface area (Å²) in [5.74, 6) is -1.94. The van der Waals surface area contributed by atoms with Crippen LogP contribution in [0.4, 0.5) is 0 Å². The van der Waals surface area contributed by atoms with E-state index in [4.69, 9.17) is 23.2 Å². The molecule has 0 spiro atoms. The molecule has 0 aliphatic carbocycles. The molecule has 0 radical (unpaired) electrons. The molecular formula is C8H8Cl2O2. The third-order valence-electron chi connectivity index (χ3n) is 1.46. The average molecular weight is 207 g/mol. The van der Waals surface area contributed by atoms with Crippen molar-refractivity contribution in [1.82, 2.24) is 0 Å². The molecule has 0 aromatic heterocycles. The third kappa shape index (κ3) is 1.90. The van der Waals surface area contributed by atoms with E-state index in [9.17, 15) is 10.2 Å². The normalized spacial score (nSPS) is 11.8. The van der Waals surface area contributed by atoms with Crippen molar-refractivity contribution in [2.75, 3.05) is 0 Å². The summed E-state index contributed by atoms with van der Waals surface area (Å²) in [4.78, 5) is 0. The molecule has 1 aromatic carbocycles. The van der Waals surface area contributed by atoms with Crippen molar-refractivity contribution < 1.29 is 10.2 Å². The molecule has 0 unspecified atom stereocenters. The van der Waals surface area contributed by atoms with Gasteiger partial charge in [0.2, 0.25) is 0 Å². The fourth-order valence-corrected chi connectivity index (χ4v) is 1.35. The zero-order chi connectivity index (χ0) is 9.35. The van der Waals surface area contributed by atoms with Crippen LogP contribution in [0.3, 0.4) is 0 Å². The Hall–Kier alpha value is -0.280. The molecule has 0 saturated carbocycles. The van der Waals surface area contributed by atoms with Gasteiger partial charge in [-0.3, -0.25) is 0 Å². The zero-order valence-electron chi connectivity index (χ0n) is 6.38. The molecule has 0 amide bonds. The summed E-state index contributed by atoms with van der Waals surface area (Å²) in [6.45, 7) is 1.23. The first-order chi connectivity index (χ1) is 5.43. The van der Waals surface area contributed by atoms with Gasteiger partial charge in [0, 0.05) is 5.56 Å². The number of rotatable bonds is 1. The van der Waals surface area contributed by atoms with E-state index in [-0.39, 0.29) is 10.6 Å². The molecule has 1 rings (SSSR count). The maximum atomic E-state index is 9.21. The van der Waals surface area contributed by atoms with Gasteiger partial charge in [-0.1, -0.05) is 35.3 Å². The van der Waals surface area contributed by atoms with Gasteiger partial charge in [0.1, 0.15) is 0 Å². The summed E-state index contributed by atoms with van der Waals surface area (Å²) < 4.78 is 0. The van der Waals surface area contributed by atoms with E-state index in [1.807, 2.05) is 0 Å². The molecular weight excluding hydrogens is 199 g/mol. The first kappa shape index (κ1) is 9.81. The van der Waals surface area contributed by atoms with E-state index in [2.05, 4.69) is 0 Å². The molecule has 2 nitrogen and oxygen atoms in total. The smallest absolute Gasteiger partial charge is 0.188 e. The van der Waals surface area contributed by atoms with Crippen LogP contribution >= 0.6 is 23.2 Å². The summed E-state index contributed by atoms with van der Waals surface area (Å²) in [7, 11) is 0. The van der Waals surface area contributed by atoms with Crippen molar-refractivity contribution in [1.29, 1.82) is 0 Å². The molecule has 2 N–H and O–H groups in total. The van der Waals surface area contributed by atoms with Crippen molar-refractivity contribution in [3.63, 3.8) is 0 Å². The standard InChI is InChI=1S/C8H8Cl2O2/c1-8(11,12)5-3-2-4-6(9)7(5)10/h2-4,11-12H,1H3. The van der Waals surface area contributed by atoms with Crippen molar-refractivity contribution in [2.24, 2.45) is 0 Å². The SMILES string of the molecule is CC(O)(O)c1cccc(Cl)c1Cl. The van der Waals surface area contributed by atoms with Gasteiger partial charge in [-0.25, -0.2) is 0 Å². The predicted molar refractivity (Wildman–Crippen MR) is 48.3 cm³/mol. The highest BCUT2D eigenvalue weighted by molar-refractivity contribution is 6.42. The molecule has 0 fully saturated rings. The summed E-state index contributed by atoms with van der Waals surface area (Å²) in [5.41, 5.74) is 0.205. The Bertz CT molecular complexity index is 292. The highest BCUT2D eigenvalue weighted by Gasteiger charge is 2.22. The molecule has 12 heavy (non-hydrogen) atoms. The van der Waals surface area contributed by atoms with E-state index in [0.717, 1.165) is 0 Å². The summed E-state index contributed by atoms with van der Waals surface area (Å²) in [6.07, 6.45) is 0. The monoisotopic (exact) mass is 206 g/mol. The maximum Gasteiger partial charge on any atom is 0.188 e. The van der Waals surface area contributed by atoms with Gasteiger partial charge in [0.25, 0.3) is 0 Å². The highest BCUT2D eigenvalue weighted by atomic mass is 35.5. The average Bonchev–Trinajstić information content (AvgIpc) is 1.92. The van der Waals surface area contributed by atoms with Crippen molar-refractivity contribution >= 4 is 23.2 Å². The minimum absolute atomic E-state index is 0.173. The molecule has 0 saturated heterocycles. The lowest BCUT2D eigenvalue weighted by molar-refractivity contribution is -0.152. The molecule has 4 heteroatoms. The predicted octanol–water partition coefficient (Wildman–Crippen LogP) is 2.15. The van der Waals surface area contributed by atoms with E-state index in [1.54, 1.807) is 12.1 Å². The Morgan fingerprint density at radius 2 is 1.83 bits per heavy atom. The lowest BCUT2D eigenvalue weighted by Crippen LogP contribution is -2.20. The molecule has 0 aliphatic heterocycles. The third-order valence-corrected chi connectivity index (χ3v) is 2.28. The number of aliphatic hydroxyl groups is 2. The van der Waals surface area contributed by atoms with Gasteiger partial charge in [-0.05, 0) is 13.0 Å². The number of hydrogen-bond donors (Lipinski definition) is 2. The highest BCUT2D eigenvalue weighted by Crippen LogP contribution is 2.31. The Morgan fingerprint density at radius 3 is 2.25 bits per heavy atom. The van der Waals surface area contributed by atoms with Crippen LogP contribution in [0, 0.1) is 0 Å². The maximum absolute atomic E-state index is 9.21. The van der Waals surface area contributed by atoms with Crippen LogP contribution in [0.2, 0.25) is 10.0 Å². The quantitative estimate of drug-likeness (QED) is 0.692. The van der Waals surface area contributed by atoms with Crippen molar-refractivity contribution in [2.45, 2.75) is 12.7 Å². The topological polar surface area (TPSA) is 40.5 Å². The molecule has 0 aliphatic rings. The van der Waals surface area contributed by atoms with Gasteiger partial charge in [-0.15, -0.1) is 0 Å². The second-order valence-electron chi connectivity index (χ2n) is 2.62. The van der Waals surface area contributed by atoms with Gasteiger partial charge < -0.3 is 10.2 Å². The molecule has 0 atom stereocenters. The minimum Gasteiger partial charge on any atom is -0.362 e. The second kappa shape index (κ2) is 3.23. The Morgan fingerprint density at radius 1 is 1.25 bits per heavy atom. The Labute approximate surface area is 80.4 Å². The second-order valence-corrected chi connectivity index (χ2v) is 3.41. The lowest BCUT2D eigenvalue weighted by Gasteiger charge is -2.17. The first-order valence-corrected chi connectivity index (χ1v) is 4.08. The van der Waals surface area contributed by atoms with Gasteiger partial charge in [0.05, 0.1) is 10.0 Å². The molecule has 0 heterocycles. The summed E-state index contributed by atoms with van der Waals surface area (Å²) in [6, 6.07) is 4.70. The molecule has 66 valence electrons. The van der Waals surface area contributed by atoms with Crippen LogP contribution < -0.4 is 0 Å². The molecule has 1 aromatic rings. The van der Waals surface area contributed by atoms with Gasteiger partial charge in [0.15, 0.2) is 5.79 Å². The van der Waals surface area contributed by atoms with E-state index >= 15 is 0 Å². The van der Waals surface area contributed by atoms with Crippen molar-refractivity contribution in [3.05, 3.63) is 33.8 Å². The van der Waals surface area contributed by atoms with Crippen LogP contribution in [-0.2, 0) is 5.79 Å². The largest absolute Gasteiger partial charge is 0.362 e. The van der Waals surface area contributed by atoms with E-state index < -0.39 is 5.79 Å². The number of halogens is 2. The minimum atomic E-state index is -1.94. The van der Waals surface area contributed by atoms with E-state index in [1.165, 1.54) is 13.0 Å². The van der Waals surface area contributed by atoms with Crippen LogP contribution in [0.15, 0.2) is 18.2 Å². The number of benzene rings is 1. The van der Waals surface area contributed by atoms with Crippen molar-refractivity contribution in [3.8, 4) is 0 Å². The summed E-state index contributed by atoms with van der Waals surface area (Å²) >= 11 is 11.4. The van der Waals surface area contributed by atoms with Gasteiger partial charge >= 0.3 is 0 Å². The van der Waals surface area contributed by atoms with Crippen LogP contribution in [0.25, 0.3) is 0 Å². The van der Waals surface area contributed by atoms with Crippen LogP contribution in [-0.4, -0.2) is 10.2 Å². The lowest BCUT2D eigenvalue weighted by atomic mass is 10.1. The Balaban J connectivity index is 3.26. The first-order valence-electron chi connectivity index (χ1n) is 3.32.